The minimum absolute atomic E-state index is 0.00885. The lowest BCUT2D eigenvalue weighted by Gasteiger charge is -2.28. The maximum absolute atomic E-state index is 12.0. The molecule has 0 aliphatic carbocycles. The number of hydrogen-bond donors (Lipinski definition) is 1. The molecule has 0 aromatic rings. The molecule has 1 heterocycles. The zero-order valence-corrected chi connectivity index (χ0v) is 23.1. The molecule has 1 saturated heterocycles. The van der Waals surface area contributed by atoms with Crippen LogP contribution >= 0.6 is 0 Å². The van der Waals surface area contributed by atoms with Crippen LogP contribution in [0.5, 0.6) is 0 Å². The van der Waals surface area contributed by atoms with Crippen molar-refractivity contribution in [1.29, 1.82) is 0 Å². The van der Waals surface area contributed by atoms with Crippen molar-refractivity contribution in [3.05, 3.63) is 0 Å². The molecule has 1 unspecified atom stereocenters. The SMILES string of the molecule is CC(=O)[C@H](C(C)C)N(C)CCCC(=O)CNC(=O)CCOCCOCCOCCN1C(=O)CC(C)C1=O. The van der Waals surface area contributed by atoms with Gasteiger partial charge in [0.25, 0.3) is 0 Å². The summed E-state index contributed by atoms with van der Waals surface area (Å²) in [5, 5.41) is 2.61. The number of carbonyl (C=O) groups is 5. The molecule has 0 bridgehead atoms. The number of imide groups is 1. The molecule has 11 nitrogen and oxygen atoms in total. The van der Waals surface area contributed by atoms with Gasteiger partial charge >= 0.3 is 0 Å². The van der Waals surface area contributed by atoms with Gasteiger partial charge in [0, 0.05) is 25.2 Å². The summed E-state index contributed by atoms with van der Waals surface area (Å²) in [6.07, 6.45) is 1.40. The molecule has 37 heavy (non-hydrogen) atoms. The van der Waals surface area contributed by atoms with Gasteiger partial charge in [0.15, 0.2) is 5.78 Å². The van der Waals surface area contributed by atoms with Crippen molar-refractivity contribution in [2.45, 2.75) is 59.4 Å². The highest BCUT2D eigenvalue weighted by molar-refractivity contribution is 6.03. The molecule has 0 spiro atoms. The maximum atomic E-state index is 12.0. The van der Waals surface area contributed by atoms with Crippen LogP contribution in [0, 0.1) is 11.8 Å². The number of nitrogens with one attached hydrogen (secondary N) is 1. The molecule has 2 atom stereocenters. The van der Waals surface area contributed by atoms with Gasteiger partial charge in [-0.25, -0.2) is 0 Å². The largest absolute Gasteiger partial charge is 0.379 e. The van der Waals surface area contributed by atoms with Crippen LogP contribution in [0.4, 0.5) is 0 Å². The molecule has 212 valence electrons. The molecule has 1 aliphatic heterocycles. The van der Waals surface area contributed by atoms with E-state index in [-0.39, 0.29) is 86.3 Å². The Balaban J connectivity index is 1.95. The second-order valence-electron chi connectivity index (χ2n) is 9.77. The minimum Gasteiger partial charge on any atom is -0.379 e. The van der Waals surface area contributed by atoms with Gasteiger partial charge in [-0.15, -0.1) is 0 Å². The summed E-state index contributed by atoms with van der Waals surface area (Å²) in [4.78, 5) is 62.4. The Morgan fingerprint density at radius 2 is 1.59 bits per heavy atom. The Hall–Kier alpha value is -2.21. The third-order valence-electron chi connectivity index (χ3n) is 6.12. The van der Waals surface area contributed by atoms with Crippen molar-refractivity contribution < 1.29 is 38.2 Å². The number of amides is 3. The first-order valence-corrected chi connectivity index (χ1v) is 13.1. The average molecular weight is 528 g/mol. The van der Waals surface area contributed by atoms with Crippen LogP contribution in [0.3, 0.4) is 0 Å². The number of hydrogen-bond acceptors (Lipinski definition) is 9. The van der Waals surface area contributed by atoms with Gasteiger partial charge < -0.3 is 19.5 Å². The van der Waals surface area contributed by atoms with Crippen LogP contribution in [0.15, 0.2) is 0 Å². The van der Waals surface area contributed by atoms with Gasteiger partial charge in [-0.2, -0.15) is 0 Å². The summed E-state index contributed by atoms with van der Waals surface area (Å²) >= 11 is 0. The number of Topliss-reactive ketones (excluding diaryl/α,β-unsaturated/α-hetero) is 2. The number of ether oxygens (including phenoxy) is 3. The average Bonchev–Trinajstić information content (AvgIpc) is 3.06. The predicted molar refractivity (Wildman–Crippen MR) is 137 cm³/mol. The Morgan fingerprint density at radius 3 is 2.14 bits per heavy atom. The second kappa shape index (κ2) is 18.1. The van der Waals surface area contributed by atoms with E-state index in [9.17, 15) is 24.0 Å². The zero-order chi connectivity index (χ0) is 27.8. The van der Waals surface area contributed by atoms with Crippen LogP contribution in [0.25, 0.3) is 0 Å². The Morgan fingerprint density at radius 1 is 1.00 bits per heavy atom. The highest BCUT2D eigenvalue weighted by Crippen LogP contribution is 2.18. The van der Waals surface area contributed by atoms with E-state index in [1.807, 2.05) is 25.8 Å². The fourth-order valence-corrected chi connectivity index (χ4v) is 4.27. The van der Waals surface area contributed by atoms with Crippen LogP contribution in [0.2, 0.25) is 0 Å². The normalized spacial score (nSPS) is 16.6. The van der Waals surface area contributed by atoms with Gasteiger partial charge in [0.1, 0.15) is 5.78 Å². The second-order valence-corrected chi connectivity index (χ2v) is 9.77. The number of likely N-dealkylation sites (tertiary alicyclic amines) is 1. The smallest absolute Gasteiger partial charge is 0.232 e. The van der Waals surface area contributed by atoms with Crippen molar-refractivity contribution in [3.8, 4) is 0 Å². The number of likely N-dealkylation sites (N-methyl/N-ethyl adjacent to an activating group) is 1. The molecule has 1 aliphatic rings. The van der Waals surface area contributed by atoms with Crippen molar-refractivity contribution in [3.63, 3.8) is 0 Å². The topological polar surface area (TPSA) is 132 Å². The summed E-state index contributed by atoms with van der Waals surface area (Å²) in [5.41, 5.74) is 0. The van der Waals surface area contributed by atoms with Crippen LogP contribution in [0.1, 0.15) is 53.4 Å². The summed E-state index contributed by atoms with van der Waals surface area (Å²) in [7, 11) is 1.89. The number of nitrogens with zero attached hydrogens (tertiary/aromatic N) is 2. The Bertz CT molecular complexity index is 758. The van der Waals surface area contributed by atoms with Gasteiger partial charge in [-0.05, 0) is 32.9 Å². The number of rotatable bonds is 21. The maximum Gasteiger partial charge on any atom is 0.232 e. The van der Waals surface area contributed by atoms with Crippen LogP contribution < -0.4 is 5.32 Å². The molecule has 0 saturated carbocycles. The van der Waals surface area contributed by atoms with E-state index in [1.165, 1.54) is 4.90 Å². The lowest BCUT2D eigenvalue weighted by Crippen LogP contribution is -2.42. The Kier molecular flexibility index (Phi) is 16.1. The van der Waals surface area contributed by atoms with E-state index < -0.39 is 0 Å². The van der Waals surface area contributed by atoms with Crippen molar-refractivity contribution in [2.24, 2.45) is 11.8 Å². The summed E-state index contributed by atoms with van der Waals surface area (Å²) in [5.74, 6) is -0.508. The highest BCUT2D eigenvalue weighted by atomic mass is 16.5. The quantitative estimate of drug-likeness (QED) is 0.170. The highest BCUT2D eigenvalue weighted by Gasteiger charge is 2.34. The molecule has 0 radical (unpaired) electrons. The molecular formula is C26H45N3O8. The number of ketones is 2. The molecule has 1 rings (SSSR count). The Labute approximate surface area is 220 Å². The van der Waals surface area contributed by atoms with Gasteiger partial charge in [-0.1, -0.05) is 20.8 Å². The molecule has 3 amide bonds. The van der Waals surface area contributed by atoms with Crippen molar-refractivity contribution in [2.75, 3.05) is 66.3 Å². The van der Waals surface area contributed by atoms with E-state index >= 15 is 0 Å². The first kappa shape index (κ1) is 32.8. The van der Waals surface area contributed by atoms with Crippen molar-refractivity contribution >= 4 is 29.3 Å². The first-order valence-electron chi connectivity index (χ1n) is 13.1. The standard InChI is InChI=1S/C26H45N3O8/c1-19(2)25(21(4)30)28(5)9-6-7-22(31)18-27-23(32)8-11-35-13-15-37-16-14-36-12-10-29-24(33)17-20(3)26(29)34/h19-20,25H,6-18H2,1-5H3,(H,27,32)/t20?,25-/m0/s1. The van der Waals surface area contributed by atoms with E-state index in [0.29, 0.717) is 45.8 Å². The van der Waals surface area contributed by atoms with Gasteiger partial charge in [-0.3, -0.25) is 33.8 Å². The fraction of sp³-hybridized carbons (Fsp3) is 0.808. The summed E-state index contributed by atoms with van der Waals surface area (Å²) in [6, 6.07) is -0.150. The molecule has 0 aromatic carbocycles. The first-order chi connectivity index (χ1) is 17.5. The summed E-state index contributed by atoms with van der Waals surface area (Å²) in [6.45, 7) is 10.1. The van der Waals surface area contributed by atoms with Crippen molar-refractivity contribution in [1.82, 2.24) is 15.1 Å². The monoisotopic (exact) mass is 527 g/mol. The predicted octanol–water partition coefficient (Wildman–Crippen LogP) is 0.832. The third kappa shape index (κ3) is 13.2. The summed E-state index contributed by atoms with van der Waals surface area (Å²) < 4.78 is 16.1. The van der Waals surface area contributed by atoms with Gasteiger partial charge in [0.05, 0.1) is 58.8 Å². The molecule has 11 heteroatoms. The zero-order valence-electron chi connectivity index (χ0n) is 23.1. The molecule has 1 N–H and O–H groups in total. The lowest BCUT2D eigenvalue weighted by atomic mass is 9.99. The minimum atomic E-state index is -0.249. The third-order valence-corrected chi connectivity index (χ3v) is 6.12. The fourth-order valence-electron chi connectivity index (χ4n) is 4.27. The lowest BCUT2D eigenvalue weighted by molar-refractivity contribution is -0.140. The van der Waals surface area contributed by atoms with Crippen LogP contribution in [-0.2, 0) is 38.2 Å². The molecular weight excluding hydrogens is 482 g/mol. The van der Waals surface area contributed by atoms with Gasteiger partial charge in [0.2, 0.25) is 17.7 Å². The van der Waals surface area contributed by atoms with E-state index in [0.717, 1.165) is 0 Å². The van der Waals surface area contributed by atoms with Crippen LogP contribution in [-0.4, -0.2) is 111 Å². The number of carbonyl (C=O) groups excluding carboxylic acids is 5. The van der Waals surface area contributed by atoms with E-state index in [2.05, 4.69) is 5.32 Å². The van der Waals surface area contributed by atoms with E-state index in [1.54, 1.807) is 13.8 Å². The molecule has 0 aromatic heterocycles. The van der Waals surface area contributed by atoms with E-state index in [4.69, 9.17) is 14.2 Å². The molecule has 1 fully saturated rings.